The normalized spacial score (nSPS) is 24.6. The summed E-state index contributed by atoms with van der Waals surface area (Å²) in [6.07, 6.45) is 1.49. The van der Waals surface area contributed by atoms with Gasteiger partial charge in [-0.3, -0.25) is 0 Å². The van der Waals surface area contributed by atoms with Gasteiger partial charge >= 0.3 is 6.18 Å². The van der Waals surface area contributed by atoms with E-state index < -0.39 is 12.8 Å². The van der Waals surface area contributed by atoms with Crippen molar-refractivity contribution in [3.63, 3.8) is 0 Å². The number of aromatic nitrogens is 5. The number of ether oxygens (including phenoxy) is 1. The van der Waals surface area contributed by atoms with Gasteiger partial charge in [-0.05, 0) is 56.6 Å². The molecule has 180 valence electrons. The maximum atomic E-state index is 12.8. The smallest absolute Gasteiger partial charge is 0.422 e. The first-order valence-electron chi connectivity index (χ1n) is 11.7. The van der Waals surface area contributed by atoms with Crippen LogP contribution >= 0.6 is 0 Å². The zero-order chi connectivity index (χ0) is 23.4. The number of halogens is 3. The monoisotopic (exact) mass is 473 g/mol. The van der Waals surface area contributed by atoms with Crippen molar-refractivity contribution in [2.75, 3.05) is 29.9 Å². The molecule has 1 N–H and O–H groups in total. The number of piperidine rings is 1. The molecule has 3 fully saturated rings. The Kier molecular flexibility index (Phi) is 5.03. The topological polar surface area (TPSA) is 80.5 Å². The standard InChI is InChI=1S/C23H26F3N7O/c1-13-8-19(28-12-27-13)32-9-15-4-5-16(10-32)20(15)29-22-30-21-18(34-11-23(24,25)26)7-6-17(14-2-3-14)33(21)31-22/h6-8,12,14-16,20H,2-5,9-11H2,1H3,(H,29,31)/t15-,16+,20?. The Balaban J connectivity index is 1.24. The molecule has 34 heavy (non-hydrogen) atoms. The van der Waals surface area contributed by atoms with Gasteiger partial charge in [0.2, 0.25) is 5.95 Å². The van der Waals surface area contributed by atoms with Crippen molar-refractivity contribution < 1.29 is 17.9 Å². The third kappa shape index (κ3) is 4.12. The zero-order valence-electron chi connectivity index (χ0n) is 18.8. The molecule has 1 unspecified atom stereocenters. The molecule has 11 heteroatoms. The molecule has 8 nitrogen and oxygen atoms in total. The van der Waals surface area contributed by atoms with Gasteiger partial charge in [-0.25, -0.2) is 14.5 Å². The molecule has 0 aromatic carbocycles. The van der Waals surface area contributed by atoms with Crippen LogP contribution in [0.4, 0.5) is 24.9 Å². The van der Waals surface area contributed by atoms with E-state index in [1.807, 2.05) is 13.0 Å². The lowest BCUT2D eigenvalue weighted by Crippen LogP contribution is -2.48. The van der Waals surface area contributed by atoms with Crippen LogP contribution in [0.5, 0.6) is 5.75 Å². The summed E-state index contributed by atoms with van der Waals surface area (Å²) in [6, 6.07) is 5.61. The molecule has 6 rings (SSSR count). The van der Waals surface area contributed by atoms with E-state index in [-0.39, 0.29) is 11.8 Å². The van der Waals surface area contributed by atoms with Crippen LogP contribution in [0.1, 0.15) is 43.0 Å². The Morgan fingerprint density at radius 3 is 2.53 bits per heavy atom. The van der Waals surface area contributed by atoms with E-state index in [2.05, 4.69) is 30.3 Å². The van der Waals surface area contributed by atoms with Crippen LogP contribution in [0.2, 0.25) is 0 Å². The van der Waals surface area contributed by atoms with Gasteiger partial charge in [-0.1, -0.05) is 0 Å². The van der Waals surface area contributed by atoms with Crippen LogP contribution in [0.15, 0.2) is 24.5 Å². The van der Waals surface area contributed by atoms with Gasteiger partial charge in [0.05, 0.1) is 0 Å². The molecule has 4 heterocycles. The lowest BCUT2D eigenvalue weighted by atomic mass is 9.92. The molecular formula is C23H26F3N7O. The molecule has 1 aliphatic heterocycles. The predicted octanol–water partition coefficient (Wildman–Crippen LogP) is 3.97. The van der Waals surface area contributed by atoms with Gasteiger partial charge in [0, 0.05) is 42.5 Å². The molecular weight excluding hydrogens is 447 g/mol. The van der Waals surface area contributed by atoms with Crippen molar-refractivity contribution in [3.8, 4) is 5.75 Å². The second kappa shape index (κ2) is 7.99. The lowest BCUT2D eigenvalue weighted by Gasteiger charge is -2.38. The van der Waals surface area contributed by atoms with E-state index in [4.69, 9.17) is 4.74 Å². The average Bonchev–Trinajstić information content (AvgIpc) is 3.50. The molecule has 3 aromatic rings. The third-order valence-corrected chi connectivity index (χ3v) is 7.11. The van der Waals surface area contributed by atoms with E-state index in [1.54, 1.807) is 23.0 Å². The molecule has 2 bridgehead atoms. The number of fused-ring (bicyclic) bond motifs is 3. The maximum absolute atomic E-state index is 12.8. The van der Waals surface area contributed by atoms with Gasteiger partial charge in [0.15, 0.2) is 18.0 Å². The predicted molar refractivity (Wildman–Crippen MR) is 119 cm³/mol. The molecule has 3 atom stereocenters. The number of pyridine rings is 1. The van der Waals surface area contributed by atoms with Crippen molar-refractivity contribution in [3.05, 3.63) is 35.9 Å². The number of nitrogens with zero attached hydrogens (tertiary/aromatic N) is 6. The first kappa shape index (κ1) is 21.4. The van der Waals surface area contributed by atoms with Gasteiger partial charge in [0.25, 0.3) is 0 Å². The molecule has 3 aromatic heterocycles. The summed E-state index contributed by atoms with van der Waals surface area (Å²) in [5.74, 6) is 2.67. The summed E-state index contributed by atoms with van der Waals surface area (Å²) in [5.41, 5.74) is 2.24. The minimum absolute atomic E-state index is 0.0965. The molecule has 0 radical (unpaired) electrons. The number of nitrogens with one attached hydrogen (secondary N) is 1. The molecule has 2 saturated carbocycles. The van der Waals surface area contributed by atoms with Crippen LogP contribution in [-0.4, -0.2) is 56.5 Å². The average molecular weight is 474 g/mol. The van der Waals surface area contributed by atoms with Crippen LogP contribution in [0.3, 0.4) is 0 Å². The quantitative estimate of drug-likeness (QED) is 0.580. The summed E-state index contributed by atoms with van der Waals surface area (Å²) >= 11 is 0. The molecule has 1 saturated heterocycles. The fraction of sp³-hybridized carbons (Fsp3) is 0.565. The van der Waals surface area contributed by atoms with Crippen LogP contribution in [0.25, 0.3) is 5.65 Å². The highest BCUT2D eigenvalue weighted by Gasteiger charge is 2.43. The number of alkyl halides is 3. The number of aryl methyl sites for hydroxylation is 1. The summed E-state index contributed by atoms with van der Waals surface area (Å²) in [7, 11) is 0. The SMILES string of the molecule is Cc1cc(N2C[C@H]3CC[C@@H](C2)C3Nc2nc3c(OCC(F)(F)F)ccc(C4CC4)n3n2)ncn1. The Bertz CT molecular complexity index is 1190. The second-order valence-electron chi connectivity index (χ2n) is 9.66. The number of hydrogen-bond acceptors (Lipinski definition) is 7. The van der Waals surface area contributed by atoms with E-state index >= 15 is 0 Å². The minimum Gasteiger partial charge on any atom is -0.480 e. The Labute approximate surface area is 194 Å². The van der Waals surface area contributed by atoms with Crippen molar-refractivity contribution >= 4 is 17.4 Å². The van der Waals surface area contributed by atoms with Crippen molar-refractivity contribution in [1.82, 2.24) is 24.6 Å². The van der Waals surface area contributed by atoms with Gasteiger partial charge < -0.3 is 15.0 Å². The number of hydrogen-bond donors (Lipinski definition) is 1. The first-order chi connectivity index (χ1) is 16.3. The Hall–Kier alpha value is -3.11. The third-order valence-electron chi connectivity index (χ3n) is 7.11. The molecule has 2 aliphatic carbocycles. The Morgan fingerprint density at radius 2 is 1.85 bits per heavy atom. The first-order valence-corrected chi connectivity index (χ1v) is 11.7. The highest BCUT2D eigenvalue weighted by molar-refractivity contribution is 5.58. The maximum Gasteiger partial charge on any atom is 0.422 e. The minimum atomic E-state index is -4.41. The van der Waals surface area contributed by atoms with E-state index in [0.29, 0.717) is 29.3 Å². The largest absolute Gasteiger partial charge is 0.480 e. The van der Waals surface area contributed by atoms with Gasteiger partial charge in [0.1, 0.15) is 12.1 Å². The molecule has 3 aliphatic rings. The zero-order valence-corrected chi connectivity index (χ0v) is 18.8. The lowest BCUT2D eigenvalue weighted by molar-refractivity contribution is -0.153. The summed E-state index contributed by atoms with van der Waals surface area (Å²) < 4.78 is 45.0. The van der Waals surface area contributed by atoms with Crippen molar-refractivity contribution in [2.45, 2.75) is 50.7 Å². The second-order valence-corrected chi connectivity index (χ2v) is 9.66. The van der Waals surface area contributed by atoms with Crippen LogP contribution < -0.4 is 15.0 Å². The van der Waals surface area contributed by atoms with Gasteiger partial charge in [-0.15, -0.1) is 5.10 Å². The highest BCUT2D eigenvalue weighted by Crippen LogP contribution is 2.42. The fourth-order valence-corrected chi connectivity index (χ4v) is 5.39. The molecule has 0 spiro atoms. The Morgan fingerprint density at radius 1 is 1.09 bits per heavy atom. The van der Waals surface area contributed by atoms with E-state index in [1.165, 1.54) is 0 Å². The van der Waals surface area contributed by atoms with Crippen molar-refractivity contribution in [1.29, 1.82) is 0 Å². The van der Waals surface area contributed by atoms with Gasteiger partial charge in [-0.2, -0.15) is 18.2 Å². The van der Waals surface area contributed by atoms with Crippen LogP contribution in [0, 0.1) is 18.8 Å². The van der Waals surface area contributed by atoms with Crippen molar-refractivity contribution in [2.24, 2.45) is 11.8 Å². The fourth-order valence-electron chi connectivity index (χ4n) is 5.39. The summed E-state index contributed by atoms with van der Waals surface area (Å²) in [5, 5.41) is 8.18. The van der Waals surface area contributed by atoms with E-state index in [0.717, 1.165) is 56.0 Å². The highest BCUT2D eigenvalue weighted by atomic mass is 19.4. The van der Waals surface area contributed by atoms with E-state index in [9.17, 15) is 13.2 Å². The summed E-state index contributed by atoms with van der Waals surface area (Å²) in [6.45, 7) is 2.37. The molecule has 0 amide bonds. The van der Waals surface area contributed by atoms with Crippen LogP contribution in [-0.2, 0) is 0 Å². The number of anilines is 2. The summed E-state index contributed by atoms with van der Waals surface area (Å²) in [4.78, 5) is 15.5. The number of rotatable bonds is 6.